The first kappa shape index (κ1) is 15.0. The number of rotatable bonds is 4. The molecule has 0 fully saturated rings. The van der Waals surface area contributed by atoms with E-state index in [1.54, 1.807) is 18.5 Å². The number of amides is 1. The maximum Gasteiger partial charge on any atom is 0.254 e. The zero-order chi connectivity index (χ0) is 15.4. The van der Waals surface area contributed by atoms with Crippen LogP contribution in [-0.4, -0.2) is 21.8 Å². The van der Waals surface area contributed by atoms with E-state index in [1.807, 2.05) is 49.9 Å². The molecule has 0 unspecified atom stereocenters. The zero-order valence-electron chi connectivity index (χ0n) is 12.7. The molecule has 0 saturated heterocycles. The van der Waals surface area contributed by atoms with Gasteiger partial charge in [0, 0.05) is 36.2 Å². The Morgan fingerprint density at radius 2 is 2.10 bits per heavy atom. The first-order chi connectivity index (χ1) is 9.99. The van der Waals surface area contributed by atoms with Crippen molar-refractivity contribution in [2.75, 3.05) is 5.73 Å². The summed E-state index contributed by atoms with van der Waals surface area (Å²) in [6.07, 6.45) is 3.52. The van der Waals surface area contributed by atoms with E-state index in [-0.39, 0.29) is 11.9 Å². The third kappa shape index (κ3) is 3.60. The van der Waals surface area contributed by atoms with Crippen molar-refractivity contribution in [3.63, 3.8) is 0 Å². The first-order valence-corrected chi connectivity index (χ1v) is 7.05. The van der Waals surface area contributed by atoms with Crippen molar-refractivity contribution < 1.29 is 4.79 Å². The summed E-state index contributed by atoms with van der Waals surface area (Å²) in [5, 5.41) is 0. The van der Waals surface area contributed by atoms with Crippen molar-refractivity contribution in [3.8, 4) is 0 Å². The average molecular weight is 283 g/mol. The second-order valence-corrected chi connectivity index (χ2v) is 5.46. The van der Waals surface area contributed by atoms with E-state index >= 15 is 0 Å². The van der Waals surface area contributed by atoms with Crippen molar-refractivity contribution in [2.24, 2.45) is 0 Å². The average Bonchev–Trinajstić information content (AvgIpc) is 2.47. The molecule has 0 aliphatic heterocycles. The Labute approximate surface area is 125 Å². The van der Waals surface area contributed by atoms with Crippen LogP contribution in [0.25, 0.3) is 0 Å². The van der Waals surface area contributed by atoms with Crippen LogP contribution < -0.4 is 5.73 Å². The minimum atomic E-state index is -0.00125. The second kappa shape index (κ2) is 6.39. The third-order valence-corrected chi connectivity index (χ3v) is 3.45. The molecule has 2 aromatic rings. The standard InChI is InChI=1S/C17H21N3O/c1-12(2)20(11-14-5-4-8-19-10-14)17(21)16-9-15(18)7-6-13(16)3/h4-10,12H,11,18H2,1-3H3. The fourth-order valence-corrected chi connectivity index (χ4v) is 2.20. The quantitative estimate of drug-likeness (QED) is 0.877. The summed E-state index contributed by atoms with van der Waals surface area (Å²) in [6, 6.07) is 9.39. The maximum atomic E-state index is 12.8. The Kier molecular flexibility index (Phi) is 4.58. The van der Waals surface area contributed by atoms with Crippen LogP contribution in [-0.2, 0) is 6.54 Å². The molecule has 0 aliphatic rings. The summed E-state index contributed by atoms with van der Waals surface area (Å²) < 4.78 is 0. The molecular formula is C17H21N3O. The van der Waals surface area contributed by atoms with Gasteiger partial charge in [0.25, 0.3) is 5.91 Å². The molecule has 2 N–H and O–H groups in total. The number of carbonyl (C=O) groups is 1. The lowest BCUT2D eigenvalue weighted by molar-refractivity contribution is 0.0689. The number of aryl methyl sites for hydroxylation is 1. The highest BCUT2D eigenvalue weighted by molar-refractivity contribution is 5.96. The molecule has 21 heavy (non-hydrogen) atoms. The molecule has 0 atom stereocenters. The molecule has 1 amide bonds. The van der Waals surface area contributed by atoms with Gasteiger partial charge in [0.1, 0.15) is 0 Å². The summed E-state index contributed by atoms with van der Waals surface area (Å²) >= 11 is 0. The topological polar surface area (TPSA) is 59.2 Å². The van der Waals surface area contributed by atoms with Gasteiger partial charge in [0.05, 0.1) is 0 Å². The molecule has 2 rings (SSSR count). The van der Waals surface area contributed by atoms with Gasteiger partial charge in [-0.15, -0.1) is 0 Å². The van der Waals surface area contributed by atoms with Gasteiger partial charge in [-0.05, 0) is 50.1 Å². The lowest BCUT2D eigenvalue weighted by atomic mass is 10.1. The van der Waals surface area contributed by atoms with Gasteiger partial charge in [0.2, 0.25) is 0 Å². The van der Waals surface area contributed by atoms with Gasteiger partial charge in [0.15, 0.2) is 0 Å². The van der Waals surface area contributed by atoms with E-state index in [4.69, 9.17) is 5.73 Å². The number of nitrogen functional groups attached to an aromatic ring is 1. The number of nitrogens with two attached hydrogens (primary N) is 1. The smallest absolute Gasteiger partial charge is 0.254 e. The first-order valence-electron chi connectivity index (χ1n) is 7.05. The van der Waals surface area contributed by atoms with Gasteiger partial charge < -0.3 is 10.6 Å². The Bertz CT molecular complexity index is 623. The van der Waals surface area contributed by atoms with Crippen LogP contribution in [0.15, 0.2) is 42.7 Å². The highest BCUT2D eigenvalue weighted by Gasteiger charge is 2.20. The van der Waals surface area contributed by atoms with Crippen LogP contribution >= 0.6 is 0 Å². The number of anilines is 1. The van der Waals surface area contributed by atoms with E-state index in [0.717, 1.165) is 11.1 Å². The van der Waals surface area contributed by atoms with Gasteiger partial charge in [-0.1, -0.05) is 12.1 Å². The second-order valence-electron chi connectivity index (χ2n) is 5.46. The molecule has 0 radical (unpaired) electrons. The summed E-state index contributed by atoms with van der Waals surface area (Å²) in [6.45, 7) is 6.49. The molecular weight excluding hydrogens is 262 g/mol. The molecule has 0 saturated carbocycles. The van der Waals surface area contributed by atoms with Crippen molar-refractivity contribution in [3.05, 3.63) is 59.4 Å². The molecule has 110 valence electrons. The predicted molar refractivity (Wildman–Crippen MR) is 84.8 cm³/mol. The van der Waals surface area contributed by atoms with Crippen LogP contribution in [0.2, 0.25) is 0 Å². The monoisotopic (exact) mass is 283 g/mol. The van der Waals surface area contributed by atoms with Crippen molar-refractivity contribution in [1.82, 2.24) is 9.88 Å². The number of hydrogen-bond acceptors (Lipinski definition) is 3. The molecule has 1 heterocycles. The molecule has 0 spiro atoms. The Morgan fingerprint density at radius 3 is 2.71 bits per heavy atom. The summed E-state index contributed by atoms with van der Waals surface area (Å²) in [5.74, 6) is -0.00125. The van der Waals surface area contributed by atoms with E-state index in [2.05, 4.69) is 4.98 Å². The molecule has 4 heteroatoms. The van der Waals surface area contributed by atoms with Crippen LogP contribution in [0.1, 0.15) is 35.3 Å². The summed E-state index contributed by atoms with van der Waals surface area (Å²) in [4.78, 5) is 18.7. The highest BCUT2D eigenvalue weighted by atomic mass is 16.2. The number of carbonyl (C=O) groups excluding carboxylic acids is 1. The van der Waals surface area contributed by atoms with Gasteiger partial charge in [-0.25, -0.2) is 0 Å². The molecule has 1 aromatic carbocycles. The van der Waals surface area contributed by atoms with Gasteiger partial charge in [-0.2, -0.15) is 0 Å². The van der Waals surface area contributed by atoms with Gasteiger partial charge >= 0.3 is 0 Å². The SMILES string of the molecule is Cc1ccc(N)cc1C(=O)N(Cc1cccnc1)C(C)C. The van der Waals surface area contributed by atoms with E-state index in [0.29, 0.717) is 17.8 Å². The fourth-order valence-electron chi connectivity index (χ4n) is 2.20. The number of nitrogens with zero attached hydrogens (tertiary/aromatic N) is 2. The van der Waals surface area contributed by atoms with Crippen LogP contribution in [0.3, 0.4) is 0 Å². The van der Waals surface area contributed by atoms with Crippen LogP contribution in [0.5, 0.6) is 0 Å². The highest BCUT2D eigenvalue weighted by Crippen LogP contribution is 2.18. The normalized spacial score (nSPS) is 10.7. The van der Waals surface area contributed by atoms with Crippen molar-refractivity contribution >= 4 is 11.6 Å². The van der Waals surface area contributed by atoms with Crippen molar-refractivity contribution in [2.45, 2.75) is 33.4 Å². The molecule has 1 aromatic heterocycles. The molecule has 4 nitrogen and oxygen atoms in total. The van der Waals surface area contributed by atoms with E-state index < -0.39 is 0 Å². The maximum absolute atomic E-state index is 12.8. The minimum Gasteiger partial charge on any atom is -0.399 e. The summed E-state index contributed by atoms with van der Waals surface area (Å²) in [5.41, 5.74) is 9.03. The van der Waals surface area contributed by atoms with Crippen molar-refractivity contribution in [1.29, 1.82) is 0 Å². The molecule has 0 bridgehead atoms. The molecule has 0 aliphatic carbocycles. The largest absolute Gasteiger partial charge is 0.399 e. The number of hydrogen-bond donors (Lipinski definition) is 1. The minimum absolute atomic E-state index is 0.00125. The lowest BCUT2D eigenvalue weighted by Crippen LogP contribution is -2.36. The third-order valence-electron chi connectivity index (χ3n) is 3.45. The van der Waals surface area contributed by atoms with E-state index in [9.17, 15) is 4.79 Å². The van der Waals surface area contributed by atoms with Crippen LogP contribution in [0.4, 0.5) is 5.69 Å². The number of benzene rings is 1. The Morgan fingerprint density at radius 1 is 1.33 bits per heavy atom. The summed E-state index contributed by atoms with van der Waals surface area (Å²) in [7, 11) is 0. The zero-order valence-corrected chi connectivity index (χ0v) is 12.7. The Hall–Kier alpha value is -2.36. The lowest BCUT2D eigenvalue weighted by Gasteiger charge is -2.27. The van der Waals surface area contributed by atoms with Gasteiger partial charge in [-0.3, -0.25) is 9.78 Å². The fraction of sp³-hybridized carbons (Fsp3) is 0.294. The predicted octanol–water partition coefficient (Wildman–Crippen LogP) is 3.02. The Balaban J connectivity index is 2.30. The van der Waals surface area contributed by atoms with Crippen LogP contribution in [0, 0.1) is 6.92 Å². The number of pyridine rings is 1. The van der Waals surface area contributed by atoms with E-state index in [1.165, 1.54) is 0 Å². The number of aromatic nitrogens is 1.